The topological polar surface area (TPSA) is 113 Å². The Labute approximate surface area is 269 Å². The van der Waals surface area contributed by atoms with Crippen molar-refractivity contribution in [1.82, 2.24) is 19.4 Å². The fourth-order valence-corrected chi connectivity index (χ4v) is 7.04. The molecule has 4 aromatic rings. The van der Waals surface area contributed by atoms with Crippen LogP contribution < -0.4 is 24.7 Å². The SMILES string of the molecule is COc1ccc(Cl)c(OC[C@H]2C[C@@H]3[C@H](C)[C@@H]3N2c2cc3c(cc2F)c(=O)c(C(=O)O)cn3-c2ccc(N3CC(N(C)C)C3)nc2)n1. The van der Waals surface area contributed by atoms with Crippen LogP contribution in [0.3, 0.4) is 0 Å². The largest absolute Gasteiger partial charge is 0.481 e. The molecule has 3 fully saturated rings. The lowest BCUT2D eigenvalue weighted by atomic mass is 10.1. The molecule has 1 aromatic carbocycles. The molecular formula is C33H34ClFN6O5. The highest BCUT2D eigenvalue weighted by atomic mass is 35.5. The number of halogens is 2. The van der Waals surface area contributed by atoms with Crippen LogP contribution in [-0.4, -0.2) is 89.5 Å². The summed E-state index contributed by atoms with van der Waals surface area (Å²) in [6.45, 7) is 4.05. The Morgan fingerprint density at radius 2 is 1.98 bits per heavy atom. The first-order chi connectivity index (χ1) is 22.0. The van der Waals surface area contributed by atoms with Crippen molar-refractivity contribution in [3.8, 4) is 17.4 Å². The number of ether oxygens (including phenoxy) is 2. The van der Waals surface area contributed by atoms with Gasteiger partial charge in [-0.3, -0.25) is 4.79 Å². The van der Waals surface area contributed by atoms with Gasteiger partial charge < -0.3 is 33.8 Å². The summed E-state index contributed by atoms with van der Waals surface area (Å²) in [5, 5.41) is 10.2. The van der Waals surface area contributed by atoms with Crippen molar-refractivity contribution in [2.45, 2.75) is 31.5 Å². The van der Waals surface area contributed by atoms with Gasteiger partial charge in [0.1, 0.15) is 28.8 Å². The number of carboxylic acids is 1. The Bertz CT molecular complexity index is 1900. The average Bonchev–Trinajstić information content (AvgIpc) is 3.45. The third-order valence-electron chi connectivity index (χ3n) is 9.69. The van der Waals surface area contributed by atoms with E-state index in [9.17, 15) is 14.7 Å². The number of fused-ring (bicyclic) bond motifs is 2. The van der Waals surface area contributed by atoms with Crippen molar-refractivity contribution in [3.05, 3.63) is 75.4 Å². The minimum Gasteiger partial charge on any atom is -0.481 e. The van der Waals surface area contributed by atoms with Gasteiger partial charge in [0.05, 0.1) is 36.2 Å². The second-order valence-electron chi connectivity index (χ2n) is 12.5. The quantitative estimate of drug-likeness (QED) is 0.282. The molecule has 1 N–H and O–H groups in total. The second-order valence-corrected chi connectivity index (χ2v) is 12.9. The van der Waals surface area contributed by atoms with E-state index in [0.29, 0.717) is 45.7 Å². The van der Waals surface area contributed by atoms with Crippen molar-refractivity contribution in [2.24, 2.45) is 11.8 Å². The average molecular weight is 649 g/mol. The molecule has 3 aliphatic rings. The maximum atomic E-state index is 16.1. The number of carbonyl (C=O) groups is 1. The molecule has 5 heterocycles. The van der Waals surface area contributed by atoms with E-state index in [2.05, 4.69) is 26.7 Å². The molecule has 11 nitrogen and oxygen atoms in total. The minimum atomic E-state index is -1.39. The summed E-state index contributed by atoms with van der Waals surface area (Å²) in [4.78, 5) is 40.7. The number of rotatable bonds is 9. The summed E-state index contributed by atoms with van der Waals surface area (Å²) >= 11 is 6.33. The van der Waals surface area contributed by atoms with E-state index in [1.165, 1.54) is 13.3 Å². The zero-order valence-electron chi connectivity index (χ0n) is 25.9. The number of aromatic nitrogens is 3. The number of pyridine rings is 3. The Balaban J connectivity index is 1.26. The lowest BCUT2D eigenvalue weighted by Gasteiger charge is -2.43. The normalized spacial score (nSPS) is 22.2. The van der Waals surface area contributed by atoms with Gasteiger partial charge in [-0.1, -0.05) is 18.5 Å². The maximum absolute atomic E-state index is 16.1. The highest BCUT2D eigenvalue weighted by Gasteiger charge is 2.59. The predicted octanol–water partition coefficient (Wildman–Crippen LogP) is 4.32. The van der Waals surface area contributed by atoms with E-state index in [1.807, 2.05) is 31.1 Å². The van der Waals surface area contributed by atoms with Crippen LogP contribution in [0, 0.1) is 17.7 Å². The van der Waals surface area contributed by atoms with Gasteiger partial charge >= 0.3 is 5.97 Å². The predicted molar refractivity (Wildman–Crippen MR) is 173 cm³/mol. The number of methoxy groups -OCH3 is 1. The number of benzene rings is 1. The molecule has 0 radical (unpaired) electrons. The molecule has 2 saturated heterocycles. The molecule has 0 bridgehead atoms. The van der Waals surface area contributed by atoms with E-state index >= 15 is 4.39 Å². The number of hydrogen-bond acceptors (Lipinski definition) is 9. The third-order valence-corrected chi connectivity index (χ3v) is 9.98. The van der Waals surface area contributed by atoms with Gasteiger partial charge in [0, 0.05) is 42.8 Å². The Hall–Kier alpha value is -4.42. The lowest BCUT2D eigenvalue weighted by molar-refractivity contribution is 0.0695. The van der Waals surface area contributed by atoms with E-state index in [4.69, 9.17) is 21.1 Å². The summed E-state index contributed by atoms with van der Waals surface area (Å²) in [5.74, 6) is 0.116. The molecule has 1 aliphatic carbocycles. The van der Waals surface area contributed by atoms with Crippen LogP contribution in [0.1, 0.15) is 23.7 Å². The van der Waals surface area contributed by atoms with Gasteiger partial charge in [-0.05, 0) is 62.7 Å². The molecule has 7 rings (SSSR count). The summed E-state index contributed by atoms with van der Waals surface area (Å²) in [7, 11) is 5.60. The summed E-state index contributed by atoms with van der Waals surface area (Å²) in [6, 6.07) is 10.1. The van der Waals surface area contributed by atoms with E-state index in [0.717, 1.165) is 31.4 Å². The van der Waals surface area contributed by atoms with Crippen LogP contribution in [0.15, 0.2) is 53.6 Å². The number of carboxylic acid groups (broad SMARTS) is 1. The first-order valence-corrected chi connectivity index (χ1v) is 15.5. The molecule has 0 unspecified atom stereocenters. The fraction of sp³-hybridized carbons (Fsp3) is 0.394. The number of likely N-dealkylation sites (N-methyl/N-ethyl adjacent to an activating group) is 1. The summed E-state index contributed by atoms with van der Waals surface area (Å²) in [6.07, 6.45) is 3.72. The van der Waals surface area contributed by atoms with E-state index < -0.39 is 22.8 Å². The van der Waals surface area contributed by atoms with E-state index in [1.54, 1.807) is 29.0 Å². The van der Waals surface area contributed by atoms with Crippen LogP contribution in [0.25, 0.3) is 16.6 Å². The smallest absolute Gasteiger partial charge is 0.341 e. The van der Waals surface area contributed by atoms with Gasteiger partial charge in [-0.25, -0.2) is 14.2 Å². The second kappa shape index (κ2) is 11.4. The molecule has 240 valence electrons. The summed E-state index contributed by atoms with van der Waals surface area (Å²) < 4.78 is 28.9. The molecule has 4 atom stereocenters. The summed E-state index contributed by atoms with van der Waals surface area (Å²) in [5.41, 5.74) is 0.0505. The molecule has 46 heavy (non-hydrogen) atoms. The Kier molecular flexibility index (Phi) is 7.51. The molecule has 0 amide bonds. The van der Waals surface area contributed by atoms with Gasteiger partial charge in [-0.2, -0.15) is 4.98 Å². The molecular weight excluding hydrogens is 615 g/mol. The molecule has 2 aliphatic heterocycles. The molecule has 1 saturated carbocycles. The molecule has 0 spiro atoms. The number of nitrogens with zero attached hydrogens (tertiary/aromatic N) is 6. The van der Waals surface area contributed by atoms with Crippen molar-refractivity contribution >= 4 is 40.0 Å². The number of anilines is 2. The lowest BCUT2D eigenvalue weighted by Crippen LogP contribution is -2.57. The van der Waals surface area contributed by atoms with Crippen LogP contribution in [0.4, 0.5) is 15.9 Å². The van der Waals surface area contributed by atoms with Crippen LogP contribution in [0.5, 0.6) is 11.8 Å². The van der Waals surface area contributed by atoms with Crippen molar-refractivity contribution < 1.29 is 23.8 Å². The van der Waals surface area contributed by atoms with Crippen LogP contribution >= 0.6 is 11.6 Å². The van der Waals surface area contributed by atoms with Gasteiger partial charge in [-0.15, -0.1) is 0 Å². The number of aromatic carboxylic acids is 1. The first kappa shape index (κ1) is 30.2. The van der Waals surface area contributed by atoms with Crippen molar-refractivity contribution in [3.63, 3.8) is 0 Å². The Morgan fingerprint density at radius 3 is 2.65 bits per heavy atom. The van der Waals surface area contributed by atoms with Gasteiger partial charge in [0.15, 0.2) is 0 Å². The highest BCUT2D eigenvalue weighted by molar-refractivity contribution is 6.31. The van der Waals surface area contributed by atoms with Gasteiger partial charge in [0.25, 0.3) is 0 Å². The van der Waals surface area contributed by atoms with Crippen molar-refractivity contribution in [1.29, 1.82) is 0 Å². The maximum Gasteiger partial charge on any atom is 0.341 e. The monoisotopic (exact) mass is 648 g/mol. The van der Waals surface area contributed by atoms with Crippen molar-refractivity contribution in [2.75, 3.05) is 50.7 Å². The zero-order valence-corrected chi connectivity index (χ0v) is 26.6. The first-order valence-electron chi connectivity index (χ1n) is 15.2. The third kappa shape index (κ3) is 5.09. The molecule has 3 aromatic heterocycles. The standard InChI is InChI=1S/C33H34ClFN6O5/c1-17-21-9-19(16-46-32-24(34)6-8-29(37-32)45-4)41(30(17)21)27-11-26-22(10-25(27)35)31(42)23(33(43)44)15-40(26)18-5-7-28(36-12-18)39-13-20(14-39)38(2)3/h5-8,10-12,15,17,19-21,30H,9,13-14,16H2,1-4H3,(H,43,44)/t17-,19+,21+,30-/m0/s1. The number of piperidine rings is 1. The van der Waals surface area contributed by atoms with Crippen LogP contribution in [-0.2, 0) is 0 Å². The van der Waals surface area contributed by atoms with Gasteiger partial charge in [0.2, 0.25) is 17.2 Å². The minimum absolute atomic E-state index is 0.0263. The Morgan fingerprint density at radius 1 is 1.20 bits per heavy atom. The van der Waals surface area contributed by atoms with Crippen LogP contribution in [0.2, 0.25) is 5.02 Å². The fourth-order valence-electron chi connectivity index (χ4n) is 6.88. The highest BCUT2D eigenvalue weighted by Crippen LogP contribution is 2.55. The van der Waals surface area contributed by atoms with E-state index in [-0.39, 0.29) is 30.0 Å². The zero-order chi connectivity index (χ0) is 32.4. The molecule has 13 heteroatoms. The number of hydrogen-bond donors (Lipinski definition) is 1.